The molecule has 5 N–H and O–H groups in total. The van der Waals surface area contributed by atoms with Crippen molar-refractivity contribution in [2.75, 3.05) is 6.54 Å². The lowest BCUT2D eigenvalue weighted by molar-refractivity contribution is 0.0907. The zero-order valence-corrected chi connectivity index (χ0v) is 10.0. The second kappa shape index (κ2) is 5.05. The van der Waals surface area contributed by atoms with E-state index in [-0.39, 0.29) is 23.0 Å². The molecule has 5 nitrogen and oxygen atoms in total. The molecule has 17 heavy (non-hydrogen) atoms. The molecule has 0 spiro atoms. The highest BCUT2D eigenvalue weighted by Gasteiger charge is 2.21. The molecule has 5 heteroatoms. The number of carbonyl (C=O) groups is 1. The van der Waals surface area contributed by atoms with Gasteiger partial charge in [0.05, 0.1) is 5.56 Å². The molecule has 0 saturated carbocycles. The number of hydrogen-bond acceptors (Lipinski definition) is 4. The van der Waals surface area contributed by atoms with E-state index in [1.807, 2.05) is 13.8 Å². The smallest absolute Gasteiger partial charge is 0.255 e. The lowest BCUT2D eigenvalue weighted by Crippen LogP contribution is -2.44. The van der Waals surface area contributed by atoms with Gasteiger partial charge in [0.2, 0.25) is 0 Å². The van der Waals surface area contributed by atoms with E-state index in [2.05, 4.69) is 5.32 Å². The van der Waals surface area contributed by atoms with Crippen LogP contribution in [0.15, 0.2) is 18.2 Å². The monoisotopic (exact) mass is 238 g/mol. The fraction of sp³-hybridized carbons (Fsp3) is 0.417. The Labute approximate surface area is 100 Å². The lowest BCUT2D eigenvalue weighted by Gasteiger charge is -2.25. The standard InChI is InChI=1S/C12H18N2O3/c1-12(2,5-6-13)14-11(17)9-4-3-8(15)7-10(9)16/h3-4,7,15-16H,5-6,13H2,1-2H3,(H,14,17). The minimum atomic E-state index is -0.434. The topological polar surface area (TPSA) is 95.6 Å². The third kappa shape index (κ3) is 3.64. The van der Waals surface area contributed by atoms with Crippen LogP contribution in [-0.2, 0) is 0 Å². The number of carbonyl (C=O) groups excluding carboxylic acids is 1. The van der Waals surface area contributed by atoms with Crippen LogP contribution in [0.5, 0.6) is 11.5 Å². The van der Waals surface area contributed by atoms with Gasteiger partial charge in [-0.05, 0) is 38.9 Å². The molecule has 0 heterocycles. The Morgan fingerprint density at radius 2 is 2.06 bits per heavy atom. The van der Waals surface area contributed by atoms with Crippen molar-refractivity contribution in [1.82, 2.24) is 5.32 Å². The second-order valence-electron chi connectivity index (χ2n) is 4.58. The van der Waals surface area contributed by atoms with Gasteiger partial charge in [-0.15, -0.1) is 0 Å². The van der Waals surface area contributed by atoms with Gasteiger partial charge in [-0.25, -0.2) is 0 Å². The molecule has 0 aromatic heterocycles. The van der Waals surface area contributed by atoms with E-state index >= 15 is 0 Å². The van der Waals surface area contributed by atoms with E-state index < -0.39 is 5.54 Å². The van der Waals surface area contributed by atoms with Crippen molar-refractivity contribution in [3.8, 4) is 11.5 Å². The maximum absolute atomic E-state index is 11.9. The van der Waals surface area contributed by atoms with Crippen LogP contribution in [-0.4, -0.2) is 28.2 Å². The number of benzene rings is 1. The first-order valence-electron chi connectivity index (χ1n) is 5.40. The fourth-order valence-corrected chi connectivity index (χ4v) is 1.51. The third-order valence-electron chi connectivity index (χ3n) is 2.45. The summed E-state index contributed by atoms with van der Waals surface area (Å²) in [5, 5.41) is 21.4. The molecule has 0 saturated heterocycles. The first kappa shape index (κ1) is 13.3. The Morgan fingerprint density at radius 3 is 2.59 bits per heavy atom. The van der Waals surface area contributed by atoms with E-state index in [4.69, 9.17) is 10.8 Å². The normalized spacial score (nSPS) is 11.2. The molecule has 1 aromatic carbocycles. The summed E-state index contributed by atoms with van der Waals surface area (Å²) in [6.45, 7) is 4.18. The van der Waals surface area contributed by atoms with E-state index in [0.29, 0.717) is 13.0 Å². The summed E-state index contributed by atoms with van der Waals surface area (Å²) in [5.74, 6) is -0.715. The van der Waals surface area contributed by atoms with Crippen molar-refractivity contribution in [3.63, 3.8) is 0 Å². The fourth-order valence-electron chi connectivity index (χ4n) is 1.51. The molecule has 1 aromatic rings. The Kier molecular flexibility index (Phi) is 3.96. The Bertz CT molecular complexity index is 416. The molecular formula is C12H18N2O3. The average Bonchev–Trinajstić information content (AvgIpc) is 2.15. The van der Waals surface area contributed by atoms with Gasteiger partial charge in [-0.1, -0.05) is 0 Å². The van der Waals surface area contributed by atoms with Crippen molar-refractivity contribution in [2.24, 2.45) is 5.73 Å². The van der Waals surface area contributed by atoms with Gasteiger partial charge in [-0.3, -0.25) is 4.79 Å². The summed E-state index contributed by atoms with van der Waals surface area (Å²) in [4.78, 5) is 11.9. The number of amides is 1. The van der Waals surface area contributed by atoms with Crippen molar-refractivity contribution in [2.45, 2.75) is 25.8 Å². The number of hydrogen-bond donors (Lipinski definition) is 4. The van der Waals surface area contributed by atoms with Gasteiger partial charge < -0.3 is 21.3 Å². The Morgan fingerprint density at radius 1 is 1.41 bits per heavy atom. The lowest BCUT2D eigenvalue weighted by atomic mass is 10.00. The summed E-state index contributed by atoms with van der Waals surface area (Å²) in [6, 6.07) is 3.86. The first-order valence-corrected chi connectivity index (χ1v) is 5.40. The second-order valence-corrected chi connectivity index (χ2v) is 4.58. The predicted octanol–water partition coefficient (Wildman–Crippen LogP) is 0.955. The molecule has 0 aliphatic heterocycles. The van der Waals surface area contributed by atoms with Crippen LogP contribution in [0.3, 0.4) is 0 Å². The van der Waals surface area contributed by atoms with E-state index in [1.165, 1.54) is 12.1 Å². The van der Waals surface area contributed by atoms with Crippen molar-refractivity contribution in [1.29, 1.82) is 0 Å². The highest BCUT2D eigenvalue weighted by molar-refractivity contribution is 5.97. The first-order chi connectivity index (χ1) is 7.85. The molecule has 1 rings (SSSR count). The molecule has 0 radical (unpaired) electrons. The highest BCUT2D eigenvalue weighted by atomic mass is 16.3. The van der Waals surface area contributed by atoms with Gasteiger partial charge in [0.1, 0.15) is 11.5 Å². The van der Waals surface area contributed by atoms with Gasteiger partial charge in [0.15, 0.2) is 0 Å². The summed E-state index contributed by atoms with van der Waals surface area (Å²) >= 11 is 0. The molecule has 0 fully saturated rings. The number of nitrogens with one attached hydrogen (secondary N) is 1. The molecular weight excluding hydrogens is 220 g/mol. The number of aromatic hydroxyl groups is 2. The SMILES string of the molecule is CC(C)(CCN)NC(=O)c1ccc(O)cc1O. The van der Waals surface area contributed by atoms with Crippen LogP contribution in [0, 0.1) is 0 Å². The van der Waals surface area contributed by atoms with Crippen LogP contribution < -0.4 is 11.1 Å². The maximum Gasteiger partial charge on any atom is 0.255 e. The summed E-state index contributed by atoms with van der Waals surface area (Å²) in [5.41, 5.74) is 5.14. The Balaban J connectivity index is 2.83. The van der Waals surface area contributed by atoms with Gasteiger partial charge in [0, 0.05) is 11.6 Å². The van der Waals surface area contributed by atoms with Gasteiger partial charge in [0.25, 0.3) is 5.91 Å². The number of phenolic OH excluding ortho intramolecular Hbond substituents is 2. The molecule has 0 atom stereocenters. The maximum atomic E-state index is 11.9. The number of phenols is 2. The number of nitrogens with two attached hydrogens (primary N) is 1. The third-order valence-corrected chi connectivity index (χ3v) is 2.45. The highest BCUT2D eigenvalue weighted by Crippen LogP contribution is 2.23. The van der Waals surface area contributed by atoms with Crippen molar-refractivity contribution < 1.29 is 15.0 Å². The van der Waals surface area contributed by atoms with Crippen LogP contribution in [0.1, 0.15) is 30.6 Å². The largest absolute Gasteiger partial charge is 0.508 e. The van der Waals surface area contributed by atoms with Crippen molar-refractivity contribution in [3.05, 3.63) is 23.8 Å². The zero-order chi connectivity index (χ0) is 13.1. The quantitative estimate of drug-likeness (QED) is 0.628. The van der Waals surface area contributed by atoms with E-state index in [0.717, 1.165) is 6.07 Å². The van der Waals surface area contributed by atoms with Crippen molar-refractivity contribution >= 4 is 5.91 Å². The Hall–Kier alpha value is -1.75. The summed E-state index contributed by atoms with van der Waals surface area (Å²) in [7, 11) is 0. The van der Waals surface area contributed by atoms with Crippen LogP contribution in [0.25, 0.3) is 0 Å². The molecule has 0 aliphatic rings. The summed E-state index contributed by atoms with van der Waals surface area (Å²) < 4.78 is 0. The molecule has 1 amide bonds. The van der Waals surface area contributed by atoms with Crippen LogP contribution in [0.4, 0.5) is 0 Å². The zero-order valence-electron chi connectivity index (χ0n) is 10.0. The van der Waals surface area contributed by atoms with E-state index in [1.54, 1.807) is 0 Å². The van der Waals surface area contributed by atoms with E-state index in [9.17, 15) is 9.90 Å². The number of rotatable bonds is 4. The molecule has 94 valence electrons. The van der Waals surface area contributed by atoms with Crippen LogP contribution >= 0.6 is 0 Å². The van der Waals surface area contributed by atoms with Gasteiger partial charge in [-0.2, -0.15) is 0 Å². The average molecular weight is 238 g/mol. The minimum absolute atomic E-state index is 0.0831. The molecule has 0 bridgehead atoms. The molecule has 0 unspecified atom stereocenters. The molecule has 0 aliphatic carbocycles. The van der Waals surface area contributed by atoms with Gasteiger partial charge >= 0.3 is 0 Å². The predicted molar refractivity (Wildman–Crippen MR) is 65.0 cm³/mol. The van der Waals surface area contributed by atoms with Crippen LogP contribution in [0.2, 0.25) is 0 Å². The summed E-state index contributed by atoms with van der Waals surface area (Å²) in [6.07, 6.45) is 0.636. The minimum Gasteiger partial charge on any atom is -0.508 e.